The van der Waals surface area contributed by atoms with Gasteiger partial charge in [0.25, 0.3) is 0 Å². The third-order valence-corrected chi connectivity index (χ3v) is 4.91. The van der Waals surface area contributed by atoms with Crippen LogP contribution in [0.5, 0.6) is 0 Å². The predicted octanol–water partition coefficient (Wildman–Crippen LogP) is 2.31. The van der Waals surface area contributed by atoms with Crippen molar-refractivity contribution in [2.45, 2.75) is 45.1 Å². The van der Waals surface area contributed by atoms with E-state index < -0.39 is 11.8 Å². The zero-order chi connectivity index (χ0) is 16.5. The smallest absolute Gasteiger partial charge is 0.309 e. The lowest BCUT2D eigenvalue weighted by Gasteiger charge is -2.30. The van der Waals surface area contributed by atoms with E-state index in [4.69, 9.17) is 0 Å². The SMILES string of the molecule is CCCNC(=O)C(=O)NCC(c1ccsc1)N1CCCCCC1. The molecule has 0 spiro atoms. The first-order chi connectivity index (χ1) is 11.2. The molecule has 5 nitrogen and oxygen atoms in total. The van der Waals surface area contributed by atoms with Gasteiger partial charge in [0, 0.05) is 13.1 Å². The maximum atomic E-state index is 11.9. The van der Waals surface area contributed by atoms with Crippen molar-refractivity contribution in [1.29, 1.82) is 0 Å². The molecule has 0 radical (unpaired) electrons. The minimum Gasteiger partial charge on any atom is -0.348 e. The largest absolute Gasteiger partial charge is 0.348 e. The summed E-state index contributed by atoms with van der Waals surface area (Å²) in [4.78, 5) is 26.1. The van der Waals surface area contributed by atoms with Gasteiger partial charge in [-0.1, -0.05) is 19.8 Å². The molecule has 23 heavy (non-hydrogen) atoms. The topological polar surface area (TPSA) is 61.4 Å². The molecule has 2 heterocycles. The van der Waals surface area contributed by atoms with E-state index in [0.29, 0.717) is 13.1 Å². The average Bonchev–Trinajstić information content (AvgIpc) is 2.95. The van der Waals surface area contributed by atoms with Crippen LogP contribution in [0.25, 0.3) is 0 Å². The van der Waals surface area contributed by atoms with E-state index in [1.54, 1.807) is 11.3 Å². The van der Waals surface area contributed by atoms with Crippen molar-refractivity contribution in [2.75, 3.05) is 26.2 Å². The Bertz CT molecular complexity index is 482. The van der Waals surface area contributed by atoms with Crippen LogP contribution in [0.2, 0.25) is 0 Å². The lowest BCUT2D eigenvalue weighted by molar-refractivity contribution is -0.139. The molecule has 1 unspecified atom stereocenters. The molecule has 2 N–H and O–H groups in total. The van der Waals surface area contributed by atoms with Crippen molar-refractivity contribution in [3.8, 4) is 0 Å². The summed E-state index contributed by atoms with van der Waals surface area (Å²) in [5.41, 5.74) is 1.23. The number of carbonyl (C=O) groups is 2. The zero-order valence-electron chi connectivity index (χ0n) is 13.8. The van der Waals surface area contributed by atoms with Crippen molar-refractivity contribution < 1.29 is 9.59 Å². The van der Waals surface area contributed by atoms with E-state index in [1.165, 1.54) is 31.2 Å². The monoisotopic (exact) mass is 337 g/mol. The van der Waals surface area contributed by atoms with Crippen molar-refractivity contribution in [3.63, 3.8) is 0 Å². The molecule has 0 aliphatic carbocycles. The molecule has 0 bridgehead atoms. The van der Waals surface area contributed by atoms with Gasteiger partial charge in [-0.15, -0.1) is 0 Å². The maximum Gasteiger partial charge on any atom is 0.309 e. The summed E-state index contributed by atoms with van der Waals surface area (Å²) in [6.45, 7) is 5.09. The maximum absolute atomic E-state index is 11.9. The highest BCUT2D eigenvalue weighted by molar-refractivity contribution is 7.07. The number of amides is 2. The summed E-state index contributed by atoms with van der Waals surface area (Å²) in [6, 6.07) is 2.27. The molecule has 1 aliphatic heterocycles. The number of carbonyl (C=O) groups excluding carboxylic acids is 2. The normalized spacial score (nSPS) is 17.3. The molecule has 6 heteroatoms. The molecule has 1 saturated heterocycles. The number of nitrogens with one attached hydrogen (secondary N) is 2. The van der Waals surface area contributed by atoms with Gasteiger partial charge in [-0.2, -0.15) is 11.3 Å². The van der Waals surface area contributed by atoms with Gasteiger partial charge in [-0.25, -0.2) is 0 Å². The van der Waals surface area contributed by atoms with Crippen LogP contribution in [-0.2, 0) is 9.59 Å². The minimum absolute atomic E-state index is 0.155. The molecule has 1 fully saturated rings. The summed E-state index contributed by atoms with van der Waals surface area (Å²) in [6.07, 6.45) is 5.78. The first-order valence-electron chi connectivity index (χ1n) is 8.54. The second-order valence-electron chi connectivity index (χ2n) is 5.99. The second-order valence-corrected chi connectivity index (χ2v) is 6.77. The second kappa shape index (κ2) is 9.67. The zero-order valence-corrected chi connectivity index (χ0v) is 14.7. The van der Waals surface area contributed by atoms with Crippen LogP contribution in [0.3, 0.4) is 0 Å². The quantitative estimate of drug-likeness (QED) is 0.783. The van der Waals surface area contributed by atoms with Gasteiger partial charge in [0.1, 0.15) is 0 Å². The van der Waals surface area contributed by atoms with E-state index >= 15 is 0 Å². The van der Waals surface area contributed by atoms with Crippen LogP contribution in [0, 0.1) is 0 Å². The average molecular weight is 337 g/mol. The number of rotatable bonds is 6. The Morgan fingerprint density at radius 2 is 1.87 bits per heavy atom. The molecular formula is C17H27N3O2S. The van der Waals surface area contributed by atoms with Crippen molar-refractivity contribution in [3.05, 3.63) is 22.4 Å². The molecule has 1 atom stereocenters. The Morgan fingerprint density at radius 3 is 2.48 bits per heavy atom. The molecule has 0 saturated carbocycles. The third kappa shape index (κ3) is 5.62. The van der Waals surface area contributed by atoms with Crippen LogP contribution < -0.4 is 10.6 Å². The predicted molar refractivity (Wildman–Crippen MR) is 93.4 cm³/mol. The Balaban J connectivity index is 1.95. The van der Waals surface area contributed by atoms with Gasteiger partial charge >= 0.3 is 11.8 Å². The highest BCUT2D eigenvalue weighted by atomic mass is 32.1. The van der Waals surface area contributed by atoms with Gasteiger partial charge in [0.05, 0.1) is 6.04 Å². The molecule has 0 aromatic carbocycles. The Labute approximate surface area is 142 Å². The summed E-state index contributed by atoms with van der Waals surface area (Å²) in [5.74, 6) is -1.07. The minimum atomic E-state index is -0.535. The van der Waals surface area contributed by atoms with Gasteiger partial charge in [0.2, 0.25) is 0 Å². The summed E-state index contributed by atoms with van der Waals surface area (Å²) in [7, 11) is 0. The summed E-state index contributed by atoms with van der Waals surface area (Å²) < 4.78 is 0. The standard InChI is InChI=1S/C17H27N3O2S/c1-2-8-18-16(21)17(22)19-12-15(14-7-11-23-13-14)20-9-5-3-4-6-10-20/h7,11,13,15H,2-6,8-10,12H2,1H3,(H,18,21)(H,19,22). The van der Waals surface area contributed by atoms with Crippen molar-refractivity contribution >= 4 is 23.2 Å². The van der Waals surface area contributed by atoms with Crippen LogP contribution in [0.15, 0.2) is 16.8 Å². The van der Waals surface area contributed by atoms with Crippen LogP contribution in [0.4, 0.5) is 0 Å². The van der Waals surface area contributed by atoms with Crippen LogP contribution in [0.1, 0.15) is 50.6 Å². The van der Waals surface area contributed by atoms with Crippen LogP contribution in [-0.4, -0.2) is 42.9 Å². The molecular weight excluding hydrogens is 310 g/mol. The Morgan fingerprint density at radius 1 is 1.17 bits per heavy atom. The van der Waals surface area contributed by atoms with E-state index in [-0.39, 0.29) is 6.04 Å². The fourth-order valence-corrected chi connectivity index (χ4v) is 3.62. The highest BCUT2D eigenvalue weighted by Crippen LogP contribution is 2.25. The fraction of sp³-hybridized carbons (Fsp3) is 0.647. The lowest BCUT2D eigenvalue weighted by atomic mass is 10.1. The van der Waals surface area contributed by atoms with E-state index in [9.17, 15) is 9.59 Å². The van der Waals surface area contributed by atoms with E-state index in [2.05, 4.69) is 32.4 Å². The summed E-state index contributed by atoms with van der Waals surface area (Å²) in [5, 5.41) is 9.63. The van der Waals surface area contributed by atoms with Gasteiger partial charge in [-0.05, 0) is 54.7 Å². The Hall–Kier alpha value is -1.40. The van der Waals surface area contributed by atoms with Gasteiger partial charge in [-0.3, -0.25) is 14.5 Å². The first kappa shape index (κ1) is 17.9. The van der Waals surface area contributed by atoms with Gasteiger partial charge < -0.3 is 10.6 Å². The molecule has 2 amide bonds. The number of likely N-dealkylation sites (tertiary alicyclic amines) is 1. The fourth-order valence-electron chi connectivity index (χ4n) is 2.92. The lowest BCUT2D eigenvalue weighted by Crippen LogP contribution is -2.44. The van der Waals surface area contributed by atoms with Gasteiger partial charge in [0.15, 0.2) is 0 Å². The van der Waals surface area contributed by atoms with E-state index in [1.807, 2.05) is 6.92 Å². The number of nitrogens with zero attached hydrogens (tertiary/aromatic N) is 1. The summed E-state index contributed by atoms with van der Waals surface area (Å²) >= 11 is 1.67. The molecule has 128 valence electrons. The highest BCUT2D eigenvalue weighted by Gasteiger charge is 2.23. The van der Waals surface area contributed by atoms with Crippen molar-refractivity contribution in [2.24, 2.45) is 0 Å². The third-order valence-electron chi connectivity index (χ3n) is 4.21. The number of thiophene rings is 1. The first-order valence-corrected chi connectivity index (χ1v) is 9.48. The Kier molecular flexibility index (Phi) is 7.55. The molecule has 1 aromatic rings. The molecule has 1 aliphatic rings. The molecule has 1 aromatic heterocycles. The van der Waals surface area contributed by atoms with Crippen molar-refractivity contribution in [1.82, 2.24) is 15.5 Å². The number of hydrogen-bond donors (Lipinski definition) is 2. The number of hydrogen-bond acceptors (Lipinski definition) is 4. The van der Waals surface area contributed by atoms with Crippen LogP contribution >= 0.6 is 11.3 Å². The molecule has 2 rings (SSSR count). The van der Waals surface area contributed by atoms with E-state index in [0.717, 1.165) is 19.5 Å².